The number of carbonyl (C=O) groups excluding carboxylic acids is 2. The molecule has 0 radical (unpaired) electrons. The zero-order chi connectivity index (χ0) is 22.6. The molecule has 1 aliphatic rings. The summed E-state index contributed by atoms with van der Waals surface area (Å²) >= 11 is 2.32. The second kappa shape index (κ2) is 9.37. The number of rotatable bonds is 6. The monoisotopic (exact) mass is 465 g/mol. The van der Waals surface area contributed by atoms with Crippen molar-refractivity contribution < 1.29 is 22.8 Å². The Morgan fingerprint density at radius 1 is 1.39 bits per heavy atom. The van der Waals surface area contributed by atoms with Gasteiger partial charge in [0.05, 0.1) is 36.5 Å². The first-order chi connectivity index (χ1) is 14.7. The minimum atomic E-state index is -3.13. The molecule has 1 N–H and O–H groups in total. The lowest BCUT2D eigenvalue weighted by atomic mass is 10.2. The van der Waals surface area contributed by atoms with E-state index in [1.54, 1.807) is 6.07 Å². The van der Waals surface area contributed by atoms with Crippen LogP contribution in [0.1, 0.15) is 27.5 Å². The zero-order valence-corrected chi connectivity index (χ0v) is 17.4. The van der Waals surface area contributed by atoms with E-state index in [1.807, 2.05) is 6.07 Å². The van der Waals surface area contributed by atoms with Crippen molar-refractivity contribution in [3.05, 3.63) is 45.7 Å². The molecular formula is C19H14F3N5O2S2. The predicted molar refractivity (Wildman–Crippen MR) is 106 cm³/mol. The number of benzene rings is 1. The molecule has 2 aromatic rings. The van der Waals surface area contributed by atoms with Gasteiger partial charge in [0.25, 0.3) is 11.8 Å². The van der Waals surface area contributed by atoms with E-state index < -0.39 is 49.1 Å². The molecule has 31 heavy (non-hydrogen) atoms. The van der Waals surface area contributed by atoms with Gasteiger partial charge in [0.2, 0.25) is 5.91 Å². The largest absolute Gasteiger partial charge is 0.342 e. The average molecular weight is 465 g/mol. The summed E-state index contributed by atoms with van der Waals surface area (Å²) in [5, 5.41) is 22.0. The molecule has 0 saturated carbocycles. The van der Waals surface area contributed by atoms with E-state index in [2.05, 4.69) is 10.3 Å². The highest BCUT2D eigenvalue weighted by atomic mass is 32.2. The molecule has 1 aromatic heterocycles. The molecule has 1 atom stereocenters. The average Bonchev–Trinajstić information content (AvgIpc) is 3.34. The molecule has 12 heteroatoms. The summed E-state index contributed by atoms with van der Waals surface area (Å²) in [6, 6.07) is 6.40. The number of amides is 2. The van der Waals surface area contributed by atoms with Crippen LogP contribution in [-0.2, 0) is 10.5 Å². The Morgan fingerprint density at radius 2 is 2.16 bits per heavy atom. The molecular weight excluding hydrogens is 451 g/mol. The van der Waals surface area contributed by atoms with Crippen molar-refractivity contribution in [2.45, 2.75) is 29.0 Å². The Bertz CT molecular complexity index is 1090. The molecule has 0 spiro atoms. The van der Waals surface area contributed by atoms with Gasteiger partial charge in [-0.15, -0.1) is 23.1 Å². The molecule has 7 nitrogen and oxygen atoms in total. The van der Waals surface area contributed by atoms with E-state index in [0.717, 1.165) is 22.7 Å². The normalized spacial score (nSPS) is 17.1. The van der Waals surface area contributed by atoms with Crippen LogP contribution in [0, 0.1) is 28.5 Å². The van der Waals surface area contributed by atoms with Crippen LogP contribution in [0.3, 0.4) is 0 Å². The molecule has 1 fully saturated rings. The van der Waals surface area contributed by atoms with Crippen molar-refractivity contribution in [2.75, 3.05) is 13.1 Å². The molecule has 0 unspecified atom stereocenters. The van der Waals surface area contributed by atoms with Crippen LogP contribution >= 0.6 is 23.1 Å². The summed E-state index contributed by atoms with van der Waals surface area (Å²) in [5.74, 6) is -4.81. The van der Waals surface area contributed by atoms with Gasteiger partial charge in [0.15, 0.2) is 0 Å². The molecule has 2 heterocycles. The molecule has 2 amide bonds. The van der Waals surface area contributed by atoms with E-state index >= 15 is 0 Å². The first-order valence-electron chi connectivity index (χ1n) is 8.84. The lowest BCUT2D eigenvalue weighted by molar-refractivity contribution is -0.131. The third kappa shape index (κ3) is 5.54. The van der Waals surface area contributed by atoms with Gasteiger partial charge in [0.1, 0.15) is 22.6 Å². The minimum absolute atomic E-state index is 0.0392. The van der Waals surface area contributed by atoms with Crippen molar-refractivity contribution in [2.24, 2.45) is 0 Å². The number of hydrogen-bond donors (Lipinski definition) is 1. The van der Waals surface area contributed by atoms with E-state index in [0.29, 0.717) is 9.90 Å². The highest BCUT2D eigenvalue weighted by Gasteiger charge is 2.47. The topological polar surface area (TPSA) is 110 Å². The number of hydrogen-bond acceptors (Lipinski definition) is 7. The Labute approximate surface area is 183 Å². The summed E-state index contributed by atoms with van der Waals surface area (Å²) in [7, 11) is 0. The Balaban J connectivity index is 1.53. The molecule has 0 aliphatic carbocycles. The van der Waals surface area contributed by atoms with Crippen LogP contribution in [0.4, 0.5) is 13.2 Å². The first-order valence-corrected chi connectivity index (χ1v) is 10.7. The maximum absolute atomic E-state index is 13.9. The van der Waals surface area contributed by atoms with Gasteiger partial charge in [-0.3, -0.25) is 9.59 Å². The van der Waals surface area contributed by atoms with Crippen LogP contribution in [0.5, 0.6) is 0 Å². The number of thioether (sulfide) groups is 1. The number of alkyl halides is 2. The van der Waals surface area contributed by atoms with Gasteiger partial charge in [-0.1, -0.05) is 0 Å². The van der Waals surface area contributed by atoms with Crippen LogP contribution in [0.2, 0.25) is 0 Å². The molecule has 1 aliphatic heterocycles. The Hall–Kier alpha value is -3.09. The highest BCUT2D eigenvalue weighted by molar-refractivity contribution is 7.98. The van der Waals surface area contributed by atoms with Gasteiger partial charge >= 0.3 is 0 Å². The van der Waals surface area contributed by atoms with Crippen molar-refractivity contribution >= 4 is 34.9 Å². The van der Waals surface area contributed by atoms with Gasteiger partial charge in [-0.05, 0) is 18.2 Å². The molecule has 1 aromatic carbocycles. The van der Waals surface area contributed by atoms with Crippen molar-refractivity contribution in [3.8, 4) is 12.1 Å². The summed E-state index contributed by atoms with van der Waals surface area (Å²) in [6.45, 7) is -1.39. The van der Waals surface area contributed by atoms with Crippen LogP contribution in [0.25, 0.3) is 0 Å². The summed E-state index contributed by atoms with van der Waals surface area (Å²) < 4.78 is 40.8. The quantitative estimate of drug-likeness (QED) is 0.657. The number of nitrogens with one attached hydrogen (secondary N) is 1. The number of nitrogens with zero attached hydrogens (tertiary/aromatic N) is 4. The van der Waals surface area contributed by atoms with Gasteiger partial charge in [0, 0.05) is 16.7 Å². The van der Waals surface area contributed by atoms with E-state index in [9.17, 15) is 22.8 Å². The van der Waals surface area contributed by atoms with Crippen LogP contribution < -0.4 is 5.32 Å². The standard InChI is InChI=1S/C19H14F3N5O2S2/c20-13-3-11(5-23)1-2-15(13)30-9-16-26-14(8-31-16)18(29)25-7-17(28)27-10-19(21,22)4-12(27)6-24/h1-3,8,12H,4,7,9-10H2,(H,25,29)/t12-/m0/s1. The Kier molecular flexibility index (Phi) is 6.83. The van der Waals surface area contributed by atoms with Crippen molar-refractivity contribution in [1.82, 2.24) is 15.2 Å². The zero-order valence-electron chi connectivity index (χ0n) is 15.8. The SMILES string of the molecule is N#Cc1ccc(SCc2nc(C(=O)NCC(=O)N3CC(F)(F)C[C@H]3C#N)cs2)c(F)c1. The van der Waals surface area contributed by atoms with Crippen LogP contribution in [0.15, 0.2) is 28.5 Å². The molecule has 160 valence electrons. The second-order valence-electron chi connectivity index (χ2n) is 6.58. The second-order valence-corrected chi connectivity index (χ2v) is 8.54. The van der Waals surface area contributed by atoms with Gasteiger partial charge < -0.3 is 10.2 Å². The number of nitriles is 2. The summed E-state index contributed by atoms with van der Waals surface area (Å²) in [4.78, 5) is 29.6. The third-order valence-corrected chi connectivity index (χ3v) is 6.43. The summed E-state index contributed by atoms with van der Waals surface area (Å²) in [6.07, 6.45) is -0.726. The minimum Gasteiger partial charge on any atom is -0.342 e. The smallest absolute Gasteiger partial charge is 0.271 e. The number of likely N-dealkylation sites (tertiary alicyclic amines) is 1. The number of halogens is 3. The fraction of sp³-hybridized carbons (Fsp3) is 0.316. The van der Waals surface area contributed by atoms with E-state index in [-0.39, 0.29) is 17.0 Å². The maximum atomic E-state index is 13.9. The lowest BCUT2D eigenvalue weighted by Crippen LogP contribution is -2.43. The molecule has 3 rings (SSSR count). The molecule has 1 saturated heterocycles. The van der Waals surface area contributed by atoms with E-state index in [1.165, 1.54) is 28.8 Å². The first kappa shape index (κ1) is 22.6. The van der Waals surface area contributed by atoms with Gasteiger partial charge in [-0.25, -0.2) is 18.2 Å². The van der Waals surface area contributed by atoms with Crippen LogP contribution in [-0.4, -0.2) is 46.8 Å². The summed E-state index contributed by atoms with van der Waals surface area (Å²) in [5.41, 5.74) is 0.251. The maximum Gasteiger partial charge on any atom is 0.271 e. The number of thiazole rings is 1. The van der Waals surface area contributed by atoms with Crippen molar-refractivity contribution in [3.63, 3.8) is 0 Å². The fourth-order valence-corrected chi connectivity index (χ4v) is 4.56. The lowest BCUT2D eigenvalue weighted by Gasteiger charge is -2.19. The predicted octanol–water partition coefficient (Wildman–Crippen LogP) is 2.94. The number of carbonyl (C=O) groups is 2. The van der Waals surface area contributed by atoms with Crippen molar-refractivity contribution in [1.29, 1.82) is 10.5 Å². The van der Waals surface area contributed by atoms with Gasteiger partial charge in [-0.2, -0.15) is 10.5 Å². The fourth-order valence-electron chi connectivity index (χ4n) is 2.85. The number of aromatic nitrogens is 1. The van der Waals surface area contributed by atoms with E-state index in [4.69, 9.17) is 10.5 Å². The highest BCUT2D eigenvalue weighted by Crippen LogP contribution is 2.31. The Morgan fingerprint density at radius 3 is 2.84 bits per heavy atom. The molecule has 0 bridgehead atoms. The third-order valence-electron chi connectivity index (χ3n) is 4.34.